The van der Waals surface area contributed by atoms with Crippen LogP contribution in [0, 0.1) is 6.92 Å². The number of hydrogen-bond donors (Lipinski definition) is 1. The average molecular weight is 273 g/mol. The first-order valence-electron chi connectivity index (χ1n) is 5.97. The molecule has 0 aromatic carbocycles. The topological polar surface area (TPSA) is 65.8 Å². The van der Waals surface area contributed by atoms with E-state index in [9.17, 15) is 8.42 Å². The minimum absolute atomic E-state index is 0.342. The summed E-state index contributed by atoms with van der Waals surface area (Å²) in [4.78, 5) is 0. The first-order valence-corrected chi connectivity index (χ1v) is 7.36. The highest BCUT2D eigenvalue weighted by Crippen LogP contribution is 2.15. The van der Waals surface area contributed by atoms with E-state index in [0.29, 0.717) is 32.7 Å². The van der Waals surface area contributed by atoms with Crippen molar-refractivity contribution in [2.45, 2.75) is 13.5 Å². The summed E-state index contributed by atoms with van der Waals surface area (Å²) in [6.07, 6.45) is 1.58. The van der Waals surface area contributed by atoms with E-state index in [1.54, 1.807) is 19.4 Å². The van der Waals surface area contributed by atoms with Gasteiger partial charge in [-0.15, -0.1) is 0 Å². The van der Waals surface area contributed by atoms with E-state index in [2.05, 4.69) is 5.32 Å². The van der Waals surface area contributed by atoms with E-state index >= 15 is 0 Å². The maximum absolute atomic E-state index is 12.3. The largest absolute Gasteiger partial charge is 0.469 e. The average Bonchev–Trinajstić information content (AvgIpc) is 2.76. The summed E-state index contributed by atoms with van der Waals surface area (Å²) in [6, 6.07) is 1.80. The molecule has 2 heterocycles. The molecule has 0 radical (unpaired) electrons. The number of furan rings is 1. The van der Waals surface area contributed by atoms with Gasteiger partial charge in [0.15, 0.2) is 0 Å². The fourth-order valence-corrected chi connectivity index (χ4v) is 3.31. The number of piperazine rings is 1. The van der Waals surface area contributed by atoms with Gasteiger partial charge < -0.3 is 9.73 Å². The molecule has 1 N–H and O–H groups in total. The van der Waals surface area contributed by atoms with E-state index in [1.807, 2.05) is 6.92 Å². The Labute approximate surface area is 108 Å². The number of hydrogen-bond acceptors (Lipinski definition) is 4. The summed E-state index contributed by atoms with van der Waals surface area (Å²) in [7, 11) is -1.77. The predicted molar refractivity (Wildman–Crippen MR) is 68.3 cm³/mol. The third-order valence-electron chi connectivity index (χ3n) is 3.16. The molecule has 1 saturated heterocycles. The van der Waals surface area contributed by atoms with Crippen molar-refractivity contribution in [2.24, 2.45) is 0 Å². The smallest absolute Gasteiger partial charge is 0.282 e. The summed E-state index contributed by atoms with van der Waals surface area (Å²) in [5.41, 5.74) is 0.899. The number of nitrogens with one attached hydrogen (secondary N) is 1. The van der Waals surface area contributed by atoms with Gasteiger partial charge in [-0.05, 0) is 13.0 Å². The van der Waals surface area contributed by atoms with Crippen LogP contribution in [0.25, 0.3) is 0 Å². The molecule has 0 atom stereocenters. The Morgan fingerprint density at radius 1 is 1.44 bits per heavy atom. The molecule has 102 valence electrons. The number of rotatable bonds is 4. The second-order valence-corrected chi connectivity index (χ2v) is 6.45. The maximum Gasteiger partial charge on any atom is 0.282 e. The van der Waals surface area contributed by atoms with Crippen molar-refractivity contribution in [2.75, 3.05) is 33.2 Å². The molecule has 1 aliphatic heterocycles. The van der Waals surface area contributed by atoms with Crippen LogP contribution in [0.5, 0.6) is 0 Å². The van der Waals surface area contributed by atoms with Gasteiger partial charge in [-0.2, -0.15) is 17.0 Å². The molecule has 0 amide bonds. The molecule has 2 rings (SSSR count). The third kappa shape index (κ3) is 2.74. The summed E-state index contributed by atoms with van der Waals surface area (Å²) >= 11 is 0. The van der Waals surface area contributed by atoms with Gasteiger partial charge in [0.25, 0.3) is 10.2 Å². The second-order valence-electron chi connectivity index (χ2n) is 4.41. The van der Waals surface area contributed by atoms with Crippen LogP contribution in [-0.4, -0.2) is 50.3 Å². The second kappa shape index (κ2) is 5.40. The van der Waals surface area contributed by atoms with E-state index in [-0.39, 0.29) is 0 Å². The Morgan fingerprint density at radius 3 is 2.67 bits per heavy atom. The van der Waals surface area contributed by atoms with Crippen molar-refractivity contribution < 1.29 is 12.8 Å². The SMILES string of the molecule is Cc1occc1CN(C)S(=O)(=O)N1CCNCC1. The van der Waals surface area contributed by atoms with Crippen LogP contribution in [0.15, 0.2) is 16.7 Å². The van der Waals surface area contributed by atoms with Crippen LogP contribution in [0.3, 0.4) is 0 Å². The zero-order chi connectivity index (χ0) is 13.2. The first-order chi connectivity index (χ1) is 8.51. The van der Waals surface area contributed by atoms with Gasteiger partial charge in [0.2, 0.25) is 0 Å². The van der Waals surface area contributed by atoms with Crippen LogP contribution in [0.1, 0.15) is 11.3 Å². The lowest BCUT2D eigenvalue weighted by atomic mass is 10.3. The summed E-state index contributed by atoms with van der Waals surface area (Å²) in [6.45, 7) is 4.64. The maximum atomic E-state index is 12.3. The molecule has 6 nitrogen and oxygen atoms in total. The fraction of sp³-hybridized carbons (Fsp3) is 0.636. The molecule has 0 aliphatic carbocycles. The zero-order valence-electron chi connectivity index (χ0n) is 10.7. The first kappa shape index (κ1) is 13.5. The third-order valence-corrected chi connectivity index (χ3v) is 5.09. The quantitative estimate of drug-likeness (QED) is 0.849. The molecule has 1 fully saturated rings. The van der Waals surface area contributed by atoms with Gasteiger partial charge in [-0.1, -0.05) is 0 Å². The number of aryl methyl sites for hydroxylation is 1. The van der Waals surface area contributed by atoms with E-state index in [1.165, 1.54) is 8.61 Å². The Morgan fingerprint density at radius 2 is 2.11 bits per heavy atom. The molecule has 7 heteroatoms. The minimum atomic E-state index is -3.37. The van der Waals surface area contributed by atoms with E-state index in [0.717, 1.165) is 11.3 Å². The summed E-state index contributed by atoms with van der Waals surface area (Å²) in [5.74, 6) is 0.761. The van der Waals surface area contributed by atoms with Gasteiger partial charge in [-0.3, -0.25) is 0 Å². The van der Waals surface area contributed by atoms with Gasteiger partial charge >= 0.3 is 0 Å². The zero-order valence-corrected chi connectivity index (χ0v) is 11.5. The molecule has 1 aromatic rings. The molecule has 18 heavy (non-hydrogen) atoms. The fourth-order valence-electron chi connectivity index (χ4n) is 1.97. The van der Waals surface area contributed by atoms with Gasteiger partial charge in [0.1, 0.15) is 5.76 Å². The normalized spacial score (nSPS) is 18.4. The van der Waals surface area contributed by atoms with Gasteiger partial charge in [-0.25, -0.2) is 0 Å². The van der Waals surface area contributed by atoms with Crippen LogP contribution >= 0.6 is 0 Å². The molecular formula is C11H19N3O3S. The Balaban J connectivity index is 2.07. The molecule has 0 saturated carbocycles. The molecular weight excluding hydrogens is 254 g/mol. The highest BCUT2D eigenvalue weighted by molar-refractivity contribution is 7.86. The van der Waals surface area contributed by atoms with Crippen molar-refractivity contribution in [3.63, 3.8) is 0 Å². The molecule has 0 spiro atoms. The van der Waals surface area contributed by atoms with Crippen molar-refractivity contribution in [1.82, 2.24) is 13.9 Å². The minimum Gasteiger partial charge on any atom is -0.469 e. The predicted octanol–water partition coefficient (Wildman–Crippen LogP) is 0.170. The Kier molecular flexibility index (Phi) is 4.06. The standard InChI is InChI=1S/C11H19N3O3S/c1-10-11(3-8-17-10)9-13(2)18(15,16)14-6-4-12-5-7-14/h3,8,12H,4-7,9H2,1-2H3. The lowest BCUT2D eigenvalue weighted by Gasteiger charge is -2.30. The highest BCUT2D eigenvalue weighted by Gasteiger charge is 2.28. The van der Waals surface area contributed by atoms with Gasteiger partial charge in [0, 0.05) is 45.3 Å². The molecule has 1 aromatic heterocycles. The summed E-state index contributed by atoms with van der Waals surface area (Å²) in [5, 5.41) is 3.14. The lowest BCUT2D eigenvalue weighted by Crippen LogP contribution is -2.50. The van der Waals surface area contributed by atoms with Crippen molar-refractivity contribution in [1.29, 1.82) is 0 Å². The van der Waals surface area contributed by atoms with E-state index < -0.39 is 10.2 Å². The monoisotopic (exact) mass is 273 g/mol. The van der Waals surface area contributed by atoms with Crippen molar-refractivity contribution >= 4 is 10.2 Å². The highest BCUT2D eigenvalue weighted by atomic mass is 32.2. The van der Waals surface area contributed by atoms with Gasteiger partial charge in [0.05, 0.1) is 6.26 Å². The number of nitrogens with zero attached hydrogens (tertiary/aromatic N) is 2. The molecule has 1 aliphatic rings. The van der Waals surface area contributed by atoms with Crippen LogP contribution < -0.4 is 5.32 Å². The molecule has 0 bridgehead atoms. The Bertz CT molecular complexity index is 491. The van der Waals surface area contributed by atoms with Crippen molar-refractivity contribution in [3.05, 3.63) is 23.7 Å². The Hall–Kier alpha value is -0.890. The van der Waals surface area contributed by atoms with Crippen LogP contribution in [0.2, 0.25) is 0 Å². The van der Waals surface area contributed by atoms with Crippen LogP contribution in [0.4, 0.5) is 0 Å². The van der Waals surface area contributed by atoms with E-state index in [4.69, 9.17) is 4.42 Å². The summed E-state index contributed by atoms with van der Waals surface area (Å²) < 4.78 is 32.7. The van der Waals surface area contributed by atoms with Crippen molar-refractivity contribution in [3.8, 4) is 0 Å². The lowest BCUT2D eigenvalue weighted by molar-refractivity contribution is 0.324. The molecule has 0 unspecified atom stereocenters. The van der Waals surface area contributed by atoms with Crippen LogP contribution in [-0.2, 0) is 16.8 Å².